The molecule has 14 heavy (non-hydrogen) atoms. The molecule has 2 rings (SSSR count). The number of nitrogens with one attached hydrogen (secondary N) is 1. The Hall–Kier alpha value is -0.390. The van der Waals surface area contributed by atoms with Crippen LogP contribution < -0.4 is 5.32 Å². The van der Waals surface area contributed by atoms with Crippen LogP contribution in [0.5, 0.6) is 0 Å². The molecule has 0 bridgehead atoms. The van der Waals surface area contributed by atoms with E-state index in [2.05, 4.69) is 21.0 Å². The quantitative estimate of drug-likeness (QED) is 0.868. The minimum absolute atomic E-state index is 0.327. The normalized spacial score (nSPS) is 26.7. The molecule has 0 saturated carbocycles. The van der Waals surface area contributed by atoms with Crippen LogP contribution in [-0.4, -0.2) is 28.0 Å². The highest BCUT2D eigenvalue weighted by Crippen LogP contribution is 2.23. The number of hydrogen-bond acceptors (Lipinski definition) is 5. The van der Waals surface area contributed by atoms with Gasteiger partial charge >= 0.3 is 0 Å². The molecule has 0 aromatic carbocycles. The third kappa shape index (κ3) is 2.16. The highest BCUT2D eigenvalue weighted by atomic mass is 35.5. The average molecular weight is 234 g/mol. The van der Waals surface area contributed by atoms with E-state index in [1.807, 2.05) is 0 Å². The van der Waals surface area contributed by atoms with Crippen molar-refractivity contribution in [3.05, 3.63) is 5.15 Å². The van der Waals surface area contributed by atoms with Crippen molar-refractivity contribution in [1.82, 2.24) is 8.75 Å². The molecule has 4 nitrogen and oxygen atoms in total. The van der Waals surface area contributed by atoms with Gasteiger partial charge in [0, 0.05) is 19.1 Å². The van der Waals surface area contributed by atoms with Crippen LogP contribution in [0.4, 0.5) is 5.82 Å². The summed E-state index contributed by atoms with van der Waals surface area (Å²) in [5, 5.41) is 3.65. The van der Waals surface area contributed by atoms with Gasteiger partial charge in [-0.25, -0.2) is 0 Å². The number of ether oxygens (including phenoxy) is 1. The first-order valence-electron chi connectivity index (χ1n) is 4.61. The number of aromatic nitrogens is 2. The molecule has 0 radical (unpaired) electrons. The minimum Gasteiger partial charge on any atom is -0.378 e. The summed E-state index contributed by atoms with van der Waals surface area (Å²) in [6.07, 6.45) is 1.43. The first kappa shape index (κ1) is 10.1. The van der Waals surface area contributed by atoms with Gasteiger partial charge in [0.1, 0.15) is 0 Å². The van der Waals surface area contributed by atoms with Crippen molar-refractivity contribution < 1.29 is 4.74 Å². The number of nitrogens with zero attached hydrogens (tertiary/aromatic N) is 2. The largest absolute Gasteiger partial charge is 0.378 e. The van der Waals surface area contributed by atoms with Crippen LogP contribution in [0.1, 0.15) is 13.3 Å². The Morgan fingerprint density at radius 2 is 2.50 bits per heavy atom. The SMILES string of the molecule is CC1OCCC1CNc1nsnc1Cl. The number of halogens is 1. The molecule has 0 spiro atoms. The molecule has 2 atom stereocenters. The van der Waals surface area contributed by atoms with Gasteiger partial charge in [-0.05, 0) is 13.3 Å². The maximum Gasteiger partial charge on any atom is 0.186 e. The molecule has 0 aliphatic carbocycles. The third-order valence-electron chi connectivity index (χ3n) is 2.51. The van der Waals surface area contributed by atoms with Crippen LogP contribution in [0.25, 0.3) is 0 Å². The molecule has 1 saturated heterocycles. The first-order valence-corrected chi connectivity index (χ1v) is 5.71. The van der Waals surface area contributed by atoms with Gasteiger partial charge in [0.25, 0.3) is 0 Å². The smallest absolute Gasteiger partial charge is 0.186 e. The van der Waals surface area contributed by atoms with Crippen molar-refractivity contribution in [1.29, 1.82) is 0 Å². The summed E-state index contributed by atoms with van der Waals surface area (Å²) in [5.74, 6) is 1.24. The highest BCUT2D eigenvalue weighted by molar-refractivity contribution is 6.99. The lowest BCUT2D eigenvalue weighted by Crippen LogP contribution is -2.20. The molecule has 1 N–H and O–H groups in total. The summed E-state index contributed by atoms with van der Waals surface area (Å²) >= 11 is 6.93. The van der Waals surface area contributed by atoms with Crippen molar-refractivity contribution >= 4 is 29.1 Å². The van der Waals surface area contributed by atoms with Crippen molar-refractivity contribution in [3.63, 3.8) is 0 Å². The van der Waals surface area contributed by atoms with Gasteiger partial charge in [0.2, 0.25) is 0 Å². The number of anilines is 1. The number of hydrogen-bond donors (Lipinski definition) is 1. The topological polar surface area (TPSA) is 47.0 Å². The predicted molar refractivity (Wildman–Crippen MR) is 56.9 cm³/mol. The van der Waals surface area contributed by atoms with Crippen molar-refractivity contribution in [3.8, 4) is 0 Å². The Kier molecular flexibility index (Phi) is 3.20. The molecule has 2 heterocycles. The van der Waals surface area contributed by atoms with Crippen molar-refractivity contribution in [2.75, 3.05) is 18.5 Å². The fourth-order valence-corrected chi connectivity index (χ4v) is 2.24. The fourth-order valence-electron chi connectivity index (χ4n) is 1.56. The van der Waals surface area contributed by atoms with E-state index in [9.17, 15) is 0 Å². The zero-order valence-electron chi connectivity index (χ0n) is 7.86. The maximum atomic E-state index is 5.80. The molecular weight excluding hydrogens is 222 g/mol. The summed E-state index contributed by atoms with van der Waals surface area (Å²) in [7, 11) is 0. The molecule has 0 amide bonds. The molecule has 1 aromatic rings. The second-order valence-electron chi connectivity index (χ2n) is 3.41. The van der Waals surface area contributed by atoms with Crippen molar-refractivity contribution in [2.45, 2.75) is 19.4 Å². The van der Waals surface area contributed by atoms with E-state index in [-0.39, 0.29) is 0 Å². The second kappa shape index (κ2) is 4.42. The standard InChI is InChI=1S/C8H12ClN3OS/c1-5-6(2-3-13-5)4-10-8-7(9)11-14-12-8/h5-6H,2-4H2,1H3,(H,10,12). The molecule has 1 aliphatic heterocycles. The lowest BCUT2D eigenvalue weighted by Gasteiger charge is -2.13. The maximum absolute atomic E-state index is 5.80. The molecular formula is C8H12ClN3OS. The lowest BCUT2D eigenvalue weighted by atomic mass is 10.0. The first-order chi connectivity index (χ1) is 6.77. The van der Waals surface area contributed by atoms with E-state index in [0.717, 1.165) is 31.3 Å². The monoisotopic (exact) mass is 233 g/mol. The van der Waals surface area contributed by atoms with Crippen LogP contribution in [0.3, 0.4) is 0 Å². The molecule has 1 fully saturated rings. The van der Waals surface area contributed by atoms with Crippen LogP contribution in [-0.2, 0) is 4.74 Å². The average Bonchev–Trinajstić information content (AvgIpc) is 2.72. The Morgan fingerprint density at radius 1 is 1.64 bits per heavy atom. The number of rotatable bonds is 3. The van der Waals surface area contributed by atoms with Gasteiger partial charge < -0.3 is 10.1 Å². The third-order valence-corrected chi connectivity index (χ3v) is 3.41. The zero-order valence-corrected chi connectivity index (χ0v) is 9.44. The summed E-state index contributed by atoms with van der Waals surface area (Å²) in [6, 6.07) is 0. The molecule has 1 aliphatic rings. The van der Waals surface area contributed by atoms with E-state index in [1.165, 1.54) is 0 Å². The van der Waals surface area contributed by atoms with Crippen LogP contribution >= 0.6 is 23.3 Å². The van der Waals surface area contributed by atoms with Gasteiger partial charge in [-0.1, -0.05) is 11.6 Å². The van der Waals surface area contributed by atoms with Gasteiger partial charge in [0.05, 0.1) is 17.8 Å². The van der Waals surface area contributed by atoms with Crippen LogP contribution in [0.2, 0.25) is 5.15 Å². The molecule has 6 heteroatoms. The van der Waals surface area contributed by atoms with E-state index in [1.54, 1.807) is 0 Å². The molecule has 2 unspecified atom stereocenters. The minimum atomic E-state index is 0.327. The summed E-state index contributed by atoms with van der Waals surface area (Å²) in [5.41, 5.74) is 0. The van der Waals surface area contributed by atoms with E-state index < -0.39 is 0 Å². The zero-order chi connectivity index (χ0) is 9.97. The van der Waals surface area contributed by atoms with Gasteiger partial charge in [-0.15, -0.1) is 0 Å². The Morgan fingerprint density at radius 3 is 3.07 bits per heavy atom. The van der Waals surface area contributed by atoms with E-state index >= 15 is 0 Å². The molecule has 1 aromatic heterocycles. The van der Waals surface area contributed by atoms with Crippen molar-refractivity contribution in [2.24, 2.45) is 5.92 Å². The predicted octanol–water partition coefficient (Wildman–Crippen LogP) is 2.03. The highest BCUT2D eigenvalue weighted by Gasteiger charge is 2.24. The fraction of sp³-hybridized carbons (Fsp3) is 0.750. The van der Waals surface area contributed by atoms with Crippen LogP contribution in [0, 0.1) is 5.92 Å². The second-order valence-corrected chi connectivity index (χ2v) is 4.30. The van der Waals surface area contributed by atoms with Gasteiger partial charge in [-0.2, -0.15) is 8.75 Å². The summed E-state index contributed by atoms with van der Waals surface area (Å²) in [6.45, 7) is 3.81. The Labute approximate surface area is 91.9 Å². The summed E-state index contributed by atoms with van der Waals surface area (Å²) in [4.78, 5) is 0. The Bertz CT molecular complexity index is 307. The van der Waals surface area contributed by atoms with E-state index in [4.69, 9.17) is 16.3 Å². The lowest BCUT2D eigenvalue weighted by molar-refractivity contribution is 0.108. The molecule has 78 valence electrons. The summed E-state index contributed by atoms with van der Waals surface area (Å²) < 4.78 is 13.4. The van der Waals surface area contributed by atoms with Gasteiger partial charge in [-0.3, -0.25) is 0 Å². The van der Waals surface area contributed by atoms with E-state index in [0.29, 0.717) is 23.0 Å². The Balaban J connectivity index is 1.85. The van der Waals surface area contributed by atoms with Gasteiger partial charge in [0.15, 0.2) is 11.0 Å². The van der Waals surface area contributed by atoms with Crippen LogP contribution in [0.15, 0.2) is 0 Å².